The molecule has 0 saturated heterocycles. The molecule has 0 spiro atoms. The maximum atomic E-state index is 11.5. The lowest BCUT2D eigenvalue weighted by molar-refractivity contribution is -0.140. The van der Waals surface area contributed by atoms with E-state index >= 15 is 0 Å². The molecule has 0 aliphatic carbocycles. The number of nitrogens with zero attached hydrogens (tertiary/aromatic N) is 2. The number of H-pyrrole nitrogens is 2. The topological polar surface area (TPSA) is 133 Å². The lowest BCUT2D eigenvalue weighted by Crippen LogP contribution is -2.23. The summed E-state index contributed by atoms with van der Waals surface area (Å²) in [5, 5.41) is 24.7. The van der Waals surface area contributed by atoms with E-state index in [9.17, 15) is 15.1 Å². The van der Waals surface area contributed by atoms with Gasteiger partial charge in [0.25, 0.3) is 0 Å². The smallest absolute Gasteiger partial charge is 0.305 e. The van der Waals surface area contributed by atoms with E-state index in [1.165, 1.54) is 13.3 Å². The molecule has 4 N–H and O–H groups in total. The number of methoxy groups -OCH3 is 1. The van der Waals surface area contributed by atoms with E-state index in [0.29, 0.717) is 40.6 Å². The van der Waals surface area contributed by atoms with Crippen LogP contribution >= 0.6 is 0 Å². The van der Waals surface area contributed by atoms with Crippen LogP contribution in [0.3, 0.4) is 0 Å². The van der Waals surface area contributed by atoms with Gasteiger partial charge in [0.05, 0.1) is 25.2 Å². The fourth-order valence-electron chi connectivity index (χ4n) is 4.50. The first-order valence-electron chi connectivity index (χ1n) is 12.4. The van der Waals surface area contributed by atoms with Gasteiger partial charge in [0.1, 0.15) is 22.9 Å². The number of carbonyl (C=O) groups is 1. The van der Waals surface area contributed by atoms with Gasteiger partial charge >= 0.3 is 5.97 Å². The zero-order valence-electron chi connectivity index (χ0n) is 21.5. The lowest BCUT2D eigenvalue weighted by atomic mass is 9.91. The second-order valence-corrected chi connectivity index (χ2v) is 9.28. The van der Waals surface area contributed by atoms with E-state index < -0.39 is 5.60 Å². The molecule has 0 bridgehead atoms. The Hall–Kier alpha value is -4.89. The lowest BCUT2D eigenvalue weighted by Gasteiger charge is -2.23. The number of hydrogen-bond acceptors (Lipinski definition) is 7. The van der Waals surface area contributed by atoms with E-state index in [2.05, 4.69) is 20.1 Å². The zero-order valence-corrected chi connectivity index (χ0v) is 21.5. The van der Waals surface area contributed by atoms with Crippen LogP contribution in [0.4, 0.5) is 0 Å². The number of aryl methyl sites for hydroxylation is 1. The highest BCUT2D eigenvalue weighted by molar-refractivity contribution is 6.01. The molecule has 0 aliphatic heterocycles. The number of aromatic amines is 2. The fourth-order valence-corrected chi connectivity index (χ4v) is 4.50. The molecule has 2 heterocycles. The minimum atomic E-state index is -1.34. The van der Waals surface area contributed by atoms with Crippen LogP contribution < -0.4 is 4.74 Å². The van der Waals surface area contributed by atoms with Gasteiger partial charge in [-0.3, -0.25) is 4.79 Å². The first-order valence-corrected chi connectivity index (χ1v) is 12.4. The fraction of sp³-hybridized carbons (Fsp3) is 0.167. The number of fused-ring (bicyclic) bond motifs is 1. The van der Waals surface area contributed by atoms with E-state index in [-0.39, 0.29) is 12.4 Å². The third kappa shape index (κ3) is 5.39. The Morgan fingerprint density at radius 3 is 2.79 bits per heavy atom. The molecule has 9 nitrogen and oxygen atoms in total. The van der Waals surface area contributed by atoms with Crippen LogP contribution in [0.1, 0.15) is 35.7 Å². The Balaban J connectivity index is 1.39. The summed E-state index contributed by atoms with van der Waals surface area (Å²) in [5.74, 6) is 1.39. The summed E-state index contributed by atoms with van der Waals surface area (Å²) < 4.78 is 10.9. The highest BCUT2D eigenvalue weighted by atomic mass is 16.5. The average Bonchev–Trinajstić information content (AvgIpc) is 3.64. The molecule has 0 saturated carbocycles. The molecule has 0 fully saturated rings. The summed E-state index contributed by atoms with van der Waals surface area (Å²) in [6.07, 6.45) is 5.55. The summed E-state index contributed by atoms with van der Waals surface area (Å²) in [6, 6.07) is 20.5. The minimum Gasteiger partial charge on any atom is -0.469 e. The normalized spacial score (nSPS) is 13.0. The van der Waals surface area contributed by atoms with Crippen LogP contribution in [-0.2, 0) is 21.6 Å². The van der Waals surface area contributed by atoms with Gasteiger partial charge in [0, 0.05) is 34.6 Å². The van der Waals surface area contributed by atoms with Gasteiger partial charge in [-0.1, -0.05) is 41.6 Å². The number of oxime groups is 1. The summed E-state index contributed by atoms with van der Waals surface area (Å²) in [5.41, 5.74) is 3.09. The van der Waals surface area contributed by atoms with Gasteiger partial charge in [0.15, 0.2) is 0 Å². The molecule has 0 aliphatic rings. The molecule has 3 aromatic carbocycles. The van der Waals surface area contributed by atoms with Gasteiger partial charge in [-0.25, -0.2) is 4.98 Å². The van der Waals surface area contributed by atoms with Gasteiger partial charge < -0.3 is 29.8 Å². The summed E-state index contributed by atoms with van der Waals surface area (Å²) in [4.78, 5) is 22.4. The third-order valence-corrected chi connectivity index (χ3v) is 6.69. The monoisotopic (exact) mass is 524 g/mol. The molecule has 5 rings (SSSR count). The Morgan fingerprint density at radius 1 is 1.13 bits per heavy atom. The molecular weight excluding hydrogens is 496 g/mol. The second kappa shape index (κ2) is 10.8. The molecule has 39 heavy (non-hydrogen) atoms. The van der Waals surface area contributed by atoms with Crippen molar-refractivity contribution >= 4 is 23.1 Å². The standard InChI is InChI=1S/C30H28N4O5/c1-30(36,21-7-3-5-19(15-21)9-12-28(35)38-2)27-18-32-29(34-27)20-6-4-8-22(16-20)39-26-11-10-25-23(13-14-31-25)24(26)17-33-37/h3-8,10-11,13-18,31,36-37H,9,12H2,1-2H3,(H,32,34). The summed E-state index contributed by atoms with van der Waals surface area (Å²) in [6.45, 7) is 1.70. The molecule has 0 radical (unpaired) electrons. The number of aliphatic hydroxyl groups is 1. The molecule has 5 aromatic rings. The Morgan fingerprint density at radius 2 is 1.97 bits per heavy atom. The third-order valence-electron chi connectivity index (χ3n) is 6.69. The number of imidazole rings is 1. The van der Waals surface area contributed by atoms with Crippen LogP contribution in [-0.4, -0.2) is 44.6 Å². The Kier molecular flexibility index (Phi) is 7.16. The number of carbonyl (C=O) groups excluding carboxylic acids is 1. The maximum absolute atomic E-state index is 11.5. The van der Waals surface area contributed by atoms with Gasteiger partial charge in [0.2, 0.25) is 0 Å². The maximum Gasteiger partial charge on any atom is 0.305 e. The number of nitrogens with one attached hydrogen (secondary N) is 2. The highest BCUT2D eigenvalue weighted by Crippen LogP contribution is 2.33. The van der Waals surface area contributed by atoms with Crippen LogP contribution in [0, 0.1) is 0 Å². The number of rotatable bonds is 9. The van der Waals surface area contributed by atoms with Crippen molar-refractivity contribution < 1.29 is 24.6 Å². The Bertz CT molecular complexity index is 1650. The van der Waals surface area contributed by atoms with Crippen LogP contribution in [0.5, 0.6) is 11.5 Å². The number of ether oxygens (including phenoxy) is 2. The summed E-state index contributed by atoms with van der Waals surface area (Å²) in [7, 11) is 1.37. The van der Waals surface area contributed by atoms with Crippen LogP contribution in [0.2, 0.25) is 0 Å². The van der Waals surface area contributed by atoms with E-state index in [4.69, 9.17) is 9.47 Å². The van der Waals surface area contributed by atoms with Crippen molar-refractivity contribution in [3.05, 3.63) is 102 Å². The van der Waals surface area contributed by atoms with Crippen LogP contribution in [0.15, 0.2) is 84.3 Å². The molecule has 1 atom stereocenters. The average molecular weight is 525 g/mol. The predicted molar refractivity (Wildman–Crippen MR) is 147 cm³/mol. The molecule has 2 aromatic heterocycles. The Labute approximate surface area is 224 Å². The number of esters is 1. The quantitative estimate of drug-likeness (QED) is 0.0869. The number of hydrogen-bond donors (Lipinski definition) is 4. The molecular formula is C30H28N4O5. The molecule has 0 amide bonds. The van der Waals surface area contributed by atoms with Gasteiger partial charge in [-0.2, -0.15) is 0 Å². The van der Waals surface area contributed by atoms with Crippen molar-refractivity contribution in [2.45, 2.75) is 25.4 Å². The van der Waals surface area contributed by atoms with Crippen molar-refractivity contribution in [1.82, 2.24) is 15.0 Å². The van der Waals surface area contributed by atoms with Crippen molar-refractivity contribution in [2.24, 2.45) is 5.16 Å². The number of benzene rings is 3. The minimum absolute atomic E-state index is 0.266. The molecule has 198 valence electrons. The highest BCUT2D eigenvalue weighted by Gasteiger charge is 2.28. The van der Waals surface area contributed by atoms with Gasteiger partial charge in [-0.05, 0) is 54.8 Å². The van der Waals surface area contributed by atoms with Crippen molar-refractivity contribution in [3.8, 4) is 22.9 Å². The van der Waals surface area contributed by atoms with Gasteiger partial charge in [-0.15, -0.1) is 0 Å². The van der Waals surface area contributed by atoms with Crippen molar-refractivity contribution in [3.63, 3.8) is 0 Å². The first-order chi connectivity index (χ1) is 18.9. The number of aromatic nitrogens is 3. The summed E-state index contributed by atoms with van der Waals surface area (Å²) >= 11 is 0. The first kappa shape index (κ1) is 25.7. The van der Waals surface area contributed by atoms with Crippen molar-refractivity contribution in [2.75, 3.05) is 7.11 Å². The molecule has 9 heteroatoms. The second-order valence-electron chi connectivity index (χ2n) is 9.28. The SMILES string of the molecule is COC(=O)CCc1cccc(C(C)(O)c2cnc(-c3cccc(Oc4ccc5[nH]ccc5c4C=NO)c3)[nH]2)c1. The zero-order chi connectivity index (χ0) is 27.4. The largest absolute Gasteiger partial charge is 0.469 e. The van der Waals surface area contributed by atoms with E-state index in [1.54, 1.807) is 13.1 Å². The van der Waals surface area contributed by atoms with E-state index in [0.717, 1.165) is 22.0 Å². The molecule has 1 unspecified atom stereocenters. The van der Waals surface area contributed by atoms with Crippen molar-refractivity contribution in [1.29, 1.82) is 0 Å². The van der Waals surface area contributed by atoms with E-state index in [1.807, 2.05) is 72.9 Å². The predicted octanol–water partition coefficient (Wildman–Crippen LogP) is 5.52. The van der Waals surface area contributed by atoms with Crippen LogP contribution in [0.25, 0.3) is 22.3 Å².